The number of hydrogen-bond donors (Lipinski definition) is 3. The van der Waals surface area contributed by atoms with Gasteiger partial charge in [0.2, 0.25) is 0 Å². The second-order valence-electron chi connectivity index (χ2n) is 4.58. The highest BCUT2D eigenvalue weighted by molar-refractivity contribution is 6.42. The van der Waals surface area contributed by atoms with Gasteiger partial charge in [0.1, 0.15) is 12.3 Å². The molecule has 0 saturated carbocycles. The van der Waals surface area contributed by atoms with Crippen LogP contribution in [-0.4, -0.2) is 24.7 Å². The number of amides is 3. The summed E-state index contributed by atoms with van der Waals surface area (Å²) in [6.45, 7) is 0.0125. The Balaban J connectivity index is 1.68. The van der Waals surface area contributed by atoms with Crippen molar-refractivity contribution in [3.05, 3.63) is 58.0 Å². The Morgan fingerprint density at radius 2 is 2.00 bits per heavy atom. The van der Waals surface area contributed by atoms with E-state index >= 15 is 0 Å². The molecule has 0 spiro atoms. The fraction of sp³-hybridized carbons (Fsp3) is 0.133. The molecule has 0 aliphatic carbocycles. The number of nitrogens with one attached hydrogen (secondary N) is 3. The monoisotopic (exact) mass is 368 g/mol. The molecule has 9 heteroatoms. The van der Waals surface area contributed by atoms with Crippen molar-refractivity contribution in [3.8, 4) is 0 Å². The van der Waals surface area contributed by atoms with Gasteiger partial charge in [-0.1, -0.05) is 29.3 Å². The molecular formula is C15H14Cl2N4O3. The molecule has 1 aromatic heterocycles. The minimum atomic E-state index is -0.491. The van der Waals surface area contributed by atoms with E-state index in [1.54, 1.807) is 30.3 Å². The lowest BCUT2D eigenvalue weighted by molar-refractivity contribution is -0.120. The molecule has 0 saturated heterocycles. The fourth-order valence-electron chi connectivity index (χ4n) is 1.61. The van der Waals surface area contributed by atoms with Crippen molar-refractivity contribution >= 4 is 41.4 Å². The largest absolute Gasteiger partial charge is 0.467 e. The van der Waals surface area contributed by atoms with Crippen LogP contribution in [0.2, 0.25) is 10.0 Å². The number of carbonyl (C=O) groups excluding carboxylic acids is 2. The number of benzene rings is 1. The molecule has 0 aliphatic heterocycles. The zero-order valence-electron chi connectivity index (χ0n) is 12.4. The van der Waals surface area contributed by atoms with Crippen LogP contribution in [-0.2, 0) is 11.3 Å². The Morgan fingerprint density at radius 3 is 2.71 bits per heavy atom. The molecule has 3 amide bonds. The number of carbonyl (C=O) groups is 2. The maximum atomic E-state index is 11.6. The lowest BCUT2D eigenvalue weighted by Crippen LogP contribution is -2.40. The van der Waals surface area contributed by atoms with Gasteiger partial charge in [0.05, 0.1) is 29.1 Å². The first-order valence-electron chi connectivity index (χ1n) is 6.85. The van der Waals surface area contributed by atoms with E-state index in [1.165, 1.54) is 12.5 Å². The average molecular weight is 369 g/mol. The molecule has 2 aromatic rings. The van der Waals surface area contributed by atoms with E-state index < -0.39 is 11.9 Å². The van der Waals surface area contributed by atoms with E-state index in [1.807, 2.05) is 0 Å². The van der Waals surface area contributed by atoms with Gasteiger partial charge in [0, 0.05) is 0 Å². The first kappa shape index (κ1) is 17.8. The number of furan rings is 1. The van der Waals surface area contributed by atoms with Crippen molar-refractivity contribution in [1.82, 2.24) is 16.1 Å². The molecule has 2 rings (SSSR count). The van der Waals surface area contributed by atoms with Crippen LogP contribution in [0, 0.1) is 0 Å². The van der Waals surface area contributed by atoms with Crippen molar-refractivity contribution in [2.24, 2.45) is 5.10 Å². The predicted molar refractivity (Wildman–Crippen MR) is 91.1 cm³/mol. The summed E-state index contributed by atoms with van der Waals surface area (Å²) in [4.78, 5) is 23.1. The molecule has 1 heterocycles. The molecule has 24 heavy (non-hydrogen) atoms. The number of hydrogen-bond acceptors (Lipinski definition) is 4. The summed E-state index contributed by atoms with van der Waals surface area (Å²) < 4.78 is 5.06. The molecule has 126 valence electrons. The minimum Gasteiger partial charge on any atom is -0.467 e. The third kappa shape index (κ3) is 5.94. The summed E-state index contributed by atoms with van der Waals surface area (Å²) in [5.41, 5.74) is 2.96. The van der Waals surface area contributed by atoms with Gasteiger partial charge in [0.25, 0.3) is 5.91 Å². The van der Waals surface area contributed by atoms with Crippen LogP contribution in [0.25, 0.3) is 0 Å². The van der Waals surface area contributed by atoms with Gasteiger partial charge in [-0.25, -0.2) is 10.2 Å². The summed E-state index contributed by atoms with van der Waals surface area (Å²) in [6, 6.07) is 7.89. The van der Waals surface area contributed by atoms with Gasteiger partial charge in [-0.15, -0.1) is 0 Å². The van der Waals surface area contributed by atoms with E-state index in [9.17, 15) is 9.59 Å². The number of halogens is 2. The SMILES string of the molecule is O=C(CNC(=O)NCc1ccco1)NN=Cc1ccc(Cl)c(Cl)c1. The molecule has 1 aromatic carbocycles. The Morgan fingerprint density at radius 1 is 1.17 bits per heavy atom. The molecular weight excluding hydrogens is 355 g/mol. The van der Waals surface area contributed by atoms with Gasteiger partial charge in [-0.3, -0.25) is 4.79 Å². The number of urea groups is 1. The predicted octanol–water partition coefficient (Wildman–Crippen LogP) is 2.54. The number of hydrazone groups is 1. The van der Waals surface area contributed by atoms with Crippen molar-refractivity contribution in [2.75, 3.05) is 6.54 Å². The Kier molecular flexibility index (Phi) is 6.65. The van der Waals surface area contributed by atoms with Crippen LogP contribution >= 0.6 is 23.2 Å². The minimum absolute atomic E-state index is 0.220. The number of nitrogens with zero attached hydrogens (tertiary/aromatic N) is 1. The molecule has 0 bridgehead atoms. The number of rotatable bonds is 6. The highest BCUT2D eigenvalue weighted by Gasteiger charge is 2.05. The molecule has 3 N–H and O–H groups in total. The van der Waals surface area contributed by atoms with E-state index in [0.29, 0.717) is 21.4 Å². The van der Waals surface area contributed by atoms with Gasteiger partial charge < -0.3 is 15.1 Å². The average Bonchev–Trinajstić information content (AvgIpc) is 3.08. The first-order valence-corrected chi connectivity index (χ1v) is 7.61. The lowest BCUT2D eigenvalue weighted by atomic mass is 10.2. The van der Waals surface area contributed by atoms with Gasteiger partial charge in [0.15, 0.2) is 0 Å². The van der Waals surface area contributed by atoms with Crippen LogP contribution in [0.5, 0.6) is 0 Å². The van der Waals surface area contributed by atoms with Gasteiger partial charge >= 0.3 is 6.03 Å². The summed E-state index contributed by atoms with van der Waals surface area (Å²) >= 11 is 11.7. The second kappa shape index (κ2) is 8.95. The van der Waals surface area contributed by atoms with E-state index in [-0.39, 0.29) is 13.1 Å². The summed E-state index contributed by atoms with van der Waals surface area (Å²) in [5.74, 6) is 0.139. The Labute approximate surface area is 148 Å². The zero-order valence-corrected chi connectivity index (χ0v) is 13.9. The van der Waals surface area contributed by atoms with E-state index in [2.05, 4.69) is 21.2 Å². The molecule has 0 fully saturated rings. The zero-order chi connectivity index (χ0) is 17.4. The normalized spacial score (nSPS) is 10.6. The lowest BCUT2D eigenvalue weighted by Gasteiger charge is -2.05. The van der Waals surface area contributed by atoms with Gasteiger partial charge in [-0.05, 0) is 29.8 Å². The third-order valence-corrected chi connectivity index (χ3v) is 3.50. The van der Waals surface area contributed by atoms with Crippen LogP contribution in [0.1, 0.15) is 11.3 Å². The fourth-order valence-corrected chi connectivity index (χ4v) is 1.92. The van der Waals surface area contributed by atoms with Crippen molar-refractivity contribution in [2.45, 2.75) is 6.54 Å². The standard InChI is InChI=1S/C15H14Cl2N4O3/c16-12-4-3-10(6-13(12)17)7-20-21-14(22)9-19-15(23)18-8-11-2-1-5-24-11/h1-7H,8-9H2,(H,21,22)(H2,18,19,23). The van der Waals surface area contributed by atoms with Crippen LogP contribution in [0.4, 0.5) is 4.79 Å². The molecule has 7 nitrogen and oxygen atoms in total. The van der Waals surface area contributed by atoms with Crippen LogP contribution in [0.15, 0.2) is 46.1 Å². The van der Waals surface area contributed by atoms with Crippen molar-refractivity contribution in [3.63, 3.8) is 0 Å². The summed E-state index contributed by atoms with van der Waals surface area (Å²) in [5, 5.41) is 9.53. The summed E-state index contributed by atoms with van der Waals surface area (Å²) in [7, 11) is 0. The van der Waals surface area contributed by atoms with Crippen molar-refractivity contribution in [1.29, 1.82) is 0 Å². The Bertz CT molecular complexity index is 732. The first-order chi connectivity index (χ1) is 11.5. The summed E-state index contributed by atoms with van der Waals surface area (Å²) in [6.07, 6.45) is 2.92. The molecule has 0 aliphatic rings. The quantitative estimate of drug-likeness (QED) is 0.539. The topological polar surface area (TPSA) is 95.7 Å². The maximum Gasteiger partial charge on any atom is 0.315 e. The Hall–Kier alpha value is -2.51. The second-order valence-corrected chi connectivity index (χ2v) is 5.40. The van der Waals surface area contributed by atoms with Crippen molar-refractivity contribution < 1.29 is 14.0 Å². The van der Waals surface area contributed by atoms with E-state index in [0.717, 1.165) is 0 Å². The molecule has 0 radical (unpaired) electrons. The van der Waals surface area contributed by atoms with Crippen LogP contribution in [0.3, 0.4) is 0 Å². The molecule has 0 unspecified atom stereocenters. The van der Waals surface area contributed by atoms with E-state index in [4.69, 9.17) is 27.6 Å². The molecule has 0 atom stereocenters. The van der Waals surface area contributed by atoms with Gasteiger partial charge in [-0.2, -0.15) is 5.10 Å². The third-order valence-electron chi connectivity index (χ3n) is 2.76. The van der Waals surface area contributed by atoms with Crippen LogP contribution < -0.4 is 16.1 Å². The highest BCUT2D eigenvalue weighted by atomic mass is 35.5. The maximum absolute atomic E-state index is 11.6. The smallest absolute Gasteiger partial charge is 0.315 e. The highest BCUT2D eigenvalue weighted by Crippen LogP contribution is 2.21.